The number of hydrogen-bond acceptors (Lipinski definition) is 4. The lowest BCUT2D eigenvalue weighted by atomic mass is 10.0. The smallest absolute Gasteiger partial charge is 0.410 e. The predicted molar refractivity (Wildman–Crippen MR) is 112 cm³/mol. The Morgan fingerprint density at radius 3 is 2.00 bits per heavy atom. The molecule has 1 aliphatic heterocycles. The number of nitrogens with one attached hydrogen (secondary N) is 1. The molecule has 160 valence electrons. The molecule has 1 saturated heterocycles. The number of ether oxygens (including phenoxy) is 1. The van der Waals surface area contributed by atoms with E-state index in [1.54, 1.807) is 34.1 Å². The average molecular weight is 424 g/mol. The Balaban J connectivity index is 1.97. The fourth-order valence-corrected chi connectivity index (χ4v) is 3.10. The Morgan fingerprint density at radius 2 is 1.52 bits per heavy atom. The molecular formula is C21H30ClN3O4. The molecular weight excluding hydrogens is 394 g/mol. The Kier molecular flexibility index (Phi) is 7.52. The zero-order valence-electron chi connectivity index (χ0n) is 17.7. The van der Waals surface area contributed by atoms with E-state index in [0.717, 1.165) is 0 Å². The van der Waals surface area contributed by atoms with Crippen LogP contribution in [-0.4, -0.2) is 65.5 Å². The molecule has 1 atom stereocenters. The monoisotopic (exact) mass is 423 g/mol. The summed E-state index contributed by atoms with van der Waals surface area (Å²) in [7, 11) is 0. The van der Waals surface area contributed by atoms with E-state index in [0.29, 0.717) is 36.8 Å². The van der Waals surface area contributed by atoms with Gasteiger partial charge in [-0.3, -0.25) is 9.59 Å². The van der Waals surface area contributed by atoms with Gasteiger partial charge < -0.3 is 19.9 Å². The first-order chi connectivity index (χ1) is 13.5. The Morgan fingerprint density at radius 1 is 1.00 bits per heavy atom. The average Bonchev–Trinajstić information content (AvgIpc) is 2.64. The minimum Gasteiger partial charge on any atom is -0.444 e. The lowest BCUT2D eigenvalue weighted by Crippen LogP contribution is -2.57. The van der Waals surface area contributed by atoms with E-state index in [4.69, 9.17) is 16.3 Å². The summed E-state index contributed by atoms with van der Waals surface area (Å²) in [4.78, 5) is 41.0. The number of amides is 3. The number of nitrogens with zero attached hydrogens (tertiary/aromatic N) is 2. The van der Waals surface area contributed by atoms with Gasteiger partial charge in [-0.15, -0.1) is 0 Å². The molecule has 8 heteroatoms. The molecule has 0 radical (unpaired) electrons. The molecule has 1 aliphatic rings. The van der Waals surface area contributed by atoms with Crippen molar-refractivity contribution in [3.63, 3.8) is 0 Å². The lowest BCUT2D eigenvalue weighted by Gasteiger charge is -2.37. The van der Waals surface area contributed by atoms with Crippen molar-refractivity contribution in [1.82, 2.24) is 15.1 Å². The summed E-state index contributed by atoms with van der Waals surface area (Å²) in [6.07, 6.45) is -0.374. The zero-order chi connectivity index (χ0) is 21.8. The summed E-state index contributed by atoms with van der Waals surface area (Å²) in [5.41, 5.74) is -0.110. The molecule has 1 heterocycles. The second-order valence-corrected chi connectivity index (χ2v) is 8.93. The summed E-state index contributed by atoms with van der Waals surface area (Å²) < 4.78 is 5.39. The number of carbonyl (C=O) groups excluding carboxylic acids is 3. The Labute approximate surface area is 177 Å². The summed E-state index contributed by atoms with van der Waals surface area (Å²) in [5, 5.41) is 3.38. The van der Waals surface area contributed by atoms with Gasteiger partial charge in [-0.2, -0.15) is 0 Å². The third kappa shape index (κ3) is 6.63. The molecule has 7 nitrogen and oxygen atoms in total. The van der Waals surface area contributed by atoms with Gasteiger partial charge in [0.2, 0.25) is 5.91 Å². The largest absolute Gasteiger partial charge is 0.444 e. The van der Waals surface area contributed by atoms with Crippen molar-refractivity contribution in [2.24, 2.45) is 5.92 Å². The number of carbonyl (C=O) groups is 3. The van der Waals surface area contributed by atoms with Crippen LogP contribution in [0.1, 0.15) is 45.0 Å². The van der Waals surface area contributed by atoms with Crippen molar-refractivity contribution in [3.05, 3.63) is 34.9 Å². The normalized spacial score (nSPS) is 15.8. The molecule has 1 aromatic rings. The van der Waals surface area contributed by atoms with E-state index >= 15 is 0 Å². The van der Waals surface area contributed by atoms with Crippen LogP contribution < -0.4 is 5.32 Å². The van der Waals surface area contributed by atoms with E-state index < -0.39 is 11.6 Å². The first-order valence-corrected chi connectivity index (χ1v) is 10.2. The SMILES string of the molecule is CC(C)C(NC(=O)c1ccc(Cl)cc1)C(=O)N1CCN(C(=O)OC(C)(C)C)CC1. The van der Waals surface area contributed by atoms with Gasteiger partial charge in [-0.05, 0) is 51.0 Å². The molecule has 1 unspecified atom stereocenters. The van der Waals surface area contributed by atoms with Gasteiger partial charge in [0.1, 0.15) is 11.6 Å². The molecule has 3 amide bonds. The topological polar surface area (TPSA) is 79.0 Å². The van der Waals surface area contributed by atoms with E-state index in [9.17, 15) is 14.4 Å². The molecule has 0 saturated carbocycles. The van der Waals surface area contributed by atoms with Crippen molar-refractivity contribution >= 4 is 29.5 Å². The van der Waals surface area contributed by atoms with Crippen LogP contribution in [0.4, 0.5) is 4.79 Å². The highest BCUT2D eigenvalue weighted by molar-refractivity contribution is 6.30. The van der Waals surface area contributed by atoms with Gasteiger partial charge in [0.25, 0.3) is 5.91 Å². The van der Waals surface area contributed by atoms with Gasteiger partial charge >= 0.3 is 6.09 Å². The third-order valence-electron chi connectivity index (χ3n) is 4.57. The first kappa shape index (κ1) is 23.0. The fourth-order valence-electron chi connectivity index (χ4n) is 2.97. The van der Waals surface area contributed by atoms with Crippen molar-refractivity contribution < 1.29 is 19.1 Å². The minimum absolute atomic E-state index is 0.0809. The van der Waals surface area contributed by atoms with Crippen LogP contribution in [0.2, 0.25) is 5.02 Å². The van der Waals surface area contributed by atoms with E-state index in [1.165, 1.54) is 0 Å². The van der Waals surface area contributed by atoms with Crippen LogP contribution in [0.5, 0.6) is 0 Å². The molecule has 0 bridgehead atoms. The van der Waals surface area contributed by atoms with Gasteiger partial charge in [0.05, 0.1) is 0 Å². The van der Waals surface area contributed by atoms with Crippen molar-refractivity contribution in [2.45, 2.75) is 46.3 Å². The molecule has 0 spiro atoms. The maximum atomic E-state index is 13.0. The van der Waals surface area contributed by atoms with Gasteiger partial charge in [-0.25, -0.2) is 4.79 Å². The van der Waals surface area contributed by atoms with Crippen molar-refractivity contribution in [2.75, 3.05) is 26.2 Å². The molecule has 1 N–H and O–H groups in total. The quantitative estimate of drug-likeness (QED) is 0.806. The second-order valence-electron chi connectivity index (χ2n) is 8.49. The number of piperazine rings is 1. The maximum absolute atomic E-state index is 13.0. The molecule has 0 aliphatic carbocycles. The highest BCUT2D eigenvalue weighted by atomic mass is 35.5. The van der Waals surface area contributed by atoms with E-state index in [-0.39, 0.29) is 23.8 Å². The number of benzene rings is 1. The van der Waals surface area contributed by atoms with E-state index in [1.807, 2.05) is 34.6 Å². The molecule has 2 rings (SSSR count). The number of rotatable bonds is 4. The van der Waals surface area contributed by atoms with Crippen LogP contribution in [-0.2, 0) is 9.53 Å². The van der Waals surface area contributed by atoms with E-state index in [2.05, 4.69) is 5.32 Å². The van der Waals surface area contributed by atoms with Crippen molar-refractivity contribution in [1.29, 1.82) is 0 Å². The number of halogens is 1. The molecule has 29 heavy (non-hydrogen) atoms. The second kappa shape index (κ2) is 9.48. The van der Waals surface area contributed by atoms with Gasteiger partial charge in [0.15, 0.2) is 0 Å². The predicted octanol–water partition coefficient (Wildman–Crippen LogP) is 3.17. The summed E-state index contributed by atoms with van der Waals surface area (Å²) in [6, 6.07) is 5.88. The van der Waals surface area contributed by atoms with Gasteiger partial charge in [0, 0.05) is 36.8 Å². The zero-order valence-corrected chi connectivity index (χ0v) is 18.5. The van der Waals surface area contributed by atoms with Crippen LogP contribution >= 0.6 is 11.6 Å². The lowest BCUT2D eigenvalue weighted by molar-refractivity contribution is -0.136. The minimum atomic E-state index is -0.647. The first-order valence-electron chi connectivity index (χ1n) is 9.81. The standard InChI is InChI=1S/C21H30ClN3O4/c1-14(2)17(23-18(26)15-6-8-16(22)9-7-15)19(27)24-10-12-25(13-11-24)20(28)29-21(3,4)5/h6-9,14,17H,10-13H2,1-5H3,(H,23,26). The van der Waals surface area contributed by atoms with Crippen LogP contribution in [0.25, 0.3) is 0 Å². The molecule has 0 aromatic heterocycles. The molecule has 1 fully saturated rings. The molecule has 1 aromatic carbocycles. The summed E-state index contributed by atoms with van der Waals surface area (Å²) in [6.45, 7) is 10.8. The Hall–Kier alpha value is -2.28. The highest BCUT2D eigenvalue weighted by Crippen LogP contribution is 2.15. The van der Waals surface area contributed by atoms with Crippen molar-refractivity contribution in [3.8, 4) is 0 Å². The Bertz CT molecular complexity index is 735. The summed E-state index contributed by atoms with van der Waals surface area (Å²) in [5.74, 6) is -0.546. The van der Waals surface area contributed by atoms with Gasteiger partial charge in [-0.1, -0.05) is 25.4 Å². The fraction of sp³-hybridized carbons (Fsp3) is 0.571. The number of hydrogen-bond donors (Lipinski definition) is 1. The van der Waals surface area contributed by atoms with Crippen LogP contribution in [0, 0.1) is 5.92 Å². The maximum Gasteiger partial charge on any atom is 0.410 e. The van der Waals surface area contributed by atoms with Crippen LogP contribution in [0.15, 0.2) is 24.3 Å². The summed E-state index contributed by atoms with van der Waals surface area (Å²) >= 11 is 5.86. The highest BCUT2D eigenvalue weighted by Gasteiger charge is 2.33. The van der Waals surface area contributed by atoms with Crippen LogP contribution in [0.3, 0.4) is 0 Å². The third-order valence-corrected chi connectivity index (χ3v) is 4.82.